The predicted molar refractivity (Wildman–Crippen MR) is 141 cm³/mol. The number of nitrogens with zero attached hydrogens (tertiary/aromatic N) is 1. The summed E-state index contributed by atoms with van der Waals surface area (Å²) < 4.78 is 0. The molecule has 5 rings (SSSR count). The van der Waals surface area contributed by atoms with E-state index in [1.165, 1.54) is 11.8 Å². The Balaban J connectivity index is 1.41. The molecule has 4 aromatic rings. The van der Waals surface area contributed by atoms with Gasteiger partial charge in [0, 0.05) is 26.9 Å². The van der Waals surface area contributed by atoms with Crippen LogP contribution in [0.2, 0.25) is 5.02 Å². The normalized spacial score (nSPS) is 14.5. The van der Waals surface area contributed by atoms with Gasteiger partial charge in [-0.15, -0.1) is 0 Å². The van der Waals surface area contributed by atoms with Gasteiger partial charge in [-0.1, -0.05) is 53.7 Å². The first-order valence-electron chi connectivity index (χ1n) is 11.1. The molecule has 10 heteroatoms. The number of aromatic nitrogens is 2. The van der Waals surface area contributed by atoms with Crippen LogP contribution in [-0.4, -0.2) is 21.8 Å². The van der Waals surface area contributed by atoms with Crippen molar-refractivity contribution in [2.45, 2.75) is 22.1 Å². The third-order valence-electron chi connectivity index (χ3n) is 5.49. The average Bonchev–Trinajstić information content (AvgIpc) is 2.86. The molecule has 0 bridgehead atoms. The maximum absolute atomic E-state index is 13.3. The zero-order valence-corrected chi connectivity index (χ0v) is 20.3. The maximum Gasteiger partial charge on any atom is 0.258 e. The van der Waals surface area contributed by atoms with Crippen LogP contribution >= 0.6 is 23.4 Å². The van der Waals surface area contributed by atoms with E-state index in [4.69, 9.17) is 11.6 Å². The Hall–Kier alpha value is -4.08. The van der Waals surface area contributed by atoms with E-state index >= 15 is 0 Å². The fourth-order valence-corrected chi connectivity index (χ4v) is 4.87. The largest absolute Gasteiger partial charge is 0.326 e. The van der Waals surface area contributed by atoms with Crippen molar-refractivity contribution >= 4 is 58.3 Å². The van der Waals surface area contributed by atoms with Gasteiger partial charge < -0.3 is 16.0 Å². The van der Waals surface area contributed by atoms with Crippen LogP contribution in [0, 0.1) is 0 Å². The lowest BCUT2D eigenvalue weighted by Gasteiger charge is -2.24. The van der Waals surface area contributed by atoms with Gasteiger partial charge in [0.25, 0.3) is 5.56 Å². The van der Waals surface area contributed by atoms with E-state index in [1.807, 2.05) is 48.5 Å². The van der Waals surface area contributed by atoms with Crippen molar-refractivity contribution in [2.75, 3.05) is 16.0 Å². The van der Waals surface area contributed by atoms with Gasteiger partial charge in [-0.3, -0.25) is 19.4 Å². The van der Waals surface area contributed by atoms with Gasteiger partial charge in [0.1, 0.15) is 5.82 Å². The van der Waals surface area contributed by atoms with E-state index in [9.17, 15) is 14.4 Å². The number of hydrogen-bond acceptors (Lipinski definition) is 6. The Bertz CT molecular complexity index is 1490. The number of benzene rings is 3. The summed E-state index contributed by atoms with van der Waals surface area (Å²) >= 11 is 7.42. The van der Waals surface area contributed by atoms with Crippen LogP contribution in [0.4, 0.5) is 23.1 Å². The van der Waals surface area contributed by atoms with Gasteiger partial charge >= 0.3 is 0 Å². The number of aromatic amines is 1. The number of H-pyrrole nitrogens is 1. The Morgan fingerprint density at radius 2 is 1.69 bits per heavy atom. The molecule has 0 spiro atoms. The van der Waals surface area contributed by atoms with Crippen molar-refractivity contribution in [3.63, 3.8) is 0 Å². The molecule has 0 fully saturated rings. The zero-order chi connectivity index (χ0) is 25.1. The smallest absolute Gasteiger partial charge is 0.258 e. The van der Waals surface area contributed by atoms with Crippen LogP contribution in [0.15, 0.2) is 93.4 Å². The maximum atomic E-state index is 13.3. The summed E-state index contributed by atoms with van der Waals surface area (Å²) in [7, 11) is 0. The first-order valence-corrected chi connectivity index (χ1v) is 12.2. The van der Waals surface area contributed by atoms with Gasteiger partial charge in [0.15, 0.2) is 0 Å². The molecule has 1 aliphatic rings. The fourth-order valence-electron chi connectivity index (χ4n) is 3.82. The lowest BCUT2D eigenvalue weighted by molar-refractivity contribution is -0.123. The molecule has 3 aromatic carbocycles. The number of carbonyl (C=O) groups is 2. The zero-order valence-electron chi connectivity index (χ0n) is 18.7. The van der Waals surface area contributed by atoms with Crippen LogP contribution in [0.1, 0.15) is 17.9 Å². The Labute approximate surface area is 215 Å². The molecule has 0 radical (unpaired) electrons. The average molecular weight is 518 g/mol. The number of halogens is 1. The highest BCUT2D eigenvalue weighted by molar-refractivity contribution is 7.99. The van der Waals surface area contributed by atoms with E-state index < -0.39 is 23.3 Å². The number of amides is 2. The number of para-hydroxylation sites is 1. The van der Waals surface area contributed by atoms with Gasteiger partial charge in [0.2, 0.25) is 17.8 Å². The summed E-state index contributed by atoms with van der Waals surface area (Å²) in [5, 5.41) is 9.05. The van der Waals surface area contributed by atoms with Crippen molar-refractivity contribution in [3.8, 4) is 0 Å². The molecule has 2 heterocycles. The van der Waals surface area contributed by atoms with Crippen LogP contribution < -0.4 is 21.5 Å². The van der Waals surface area contributed by atoms with E-state index in [0.29, 0.717) is 16.4 Å². The van der Waals surface area contributed by atoms with E-state index in [0.717, 1.165) is 9.79 Å². The third-order valence-corrected chi connectivity index (χ3v) is 6.83. The van der Waals surface area contributed by atoms with Crippen LogP contribution in [-0.2, 0) is 9.59 Å². The second-order valence-corrected chi connectivity index (χ2v) is 9.57. The fraction of sp³-hybridized carbons (Fsp3) is 0.0769. The highest BCUT2D eigenvalue weighted by Gasteiger charge is 2.35. The topological polar surface area (TPSA) is 116 Å². The summed E-state index contributed by atoms with van der Waals surface area (Å²) in [5.41, 5.74) is 0.839. The molecule has 180 valence electrons. The molecule has 1 aliphatic heterocycles. The number of anilines is 4. The number of rotatable bonds is 6. The van der Waals surface area contributed by atoms with E-state index in [-0.39, 0.29) is 23.8 Å². The van der Waals surface area contributed by atoms with E-state index in [2.05, 4.69) is 25.9 Å². The van der Waals surface area contributed by atoms with Crippen molar-refractivity contribution in [1.82, 2.24) is 9.97 Å². The second kappa shape index (κ2) is 10.3. The third kappa shape index (κ3) is 5.27. The highest BCUT2D eigenvalue weighted by atomic mass is 35.5. The van der Waals surface area contributed by atoms with Gasteiger partial charge in [-0.2, -0.15) is 4.98 Å². The van der Waals surface area contributed by atoms with Crippen molar-refractivity contribution in [1.29, 1.82) is 0 Å². The Morgan fingerprint density at radius 1 is 0.972 bits per heavy atom. The molecule has 2 amide bonds. The van der Waals surface area contributed by atoms with Crippen LogP contribution in [0.3, 0.4) is 0 Å². The summed E-state index contributed by atoms with van der Waals surface area (Å²) in [5.74, 6) is -1.67. The second-order valence-electron chi connectivity index (χ2n) is 8.01. The minimum atomic E-state index is -0.996. The lowest BCUT2D eigenvalue weighted by atomic mass is 9.92. The summed E-state index contributed by atoms with van der Waals surface area (Å²) in [4.78, 5) is 47.6. The molecule has 4 N–H and O–H groups in total. The Morgan fingerprint density at radius 3 is 2.47 bits per heavy atom. The van der Waals surface area contributed by atoms with Gasteiger partial charge in [-0.25, -0.2) is 0 Å². The number of carbonyl (C=O) groups excluding carboxylic acids is 2. The highest BCUT2D eigenvalue weighted by Crippen LogP contribution is 2.35. The molecular formula is C26H20ClN5O3S. The summed E-state index contributed by atoms with van der Waals surface area (Å²) in [6, 6.07) is 24.0. The summed E-state index contributed by atoms with van der Waals surface area (Å²) in [6.07, 6.45) is -0.165. The van der Waals surface area contributed by atoms with Crippen molar-refractivity contribution in [3.05, 3.63) is 99.8 Å². The molecule has 0 saturated heterocycles. The molecule has 0 aliphatic carbocycles. The molecule has 1 aromatic heterocycles. The van der Waals surface area contributed by atoms with Crippen LogP contribution in [0.5, 0.6) is 0 Å². The van der Waals surface area contributed by atoms with Gasteiger partial charge in [0.05, 0.1) is 17.2 Å². The lowest BCUT2D eigenvalue weighted by Crippen LogP contribution is -2.36. The molecule has 0 saturated carbocycles. The SMILES string of the molecule is O=C1CC(C(=O)Nc2ccccc2Sc2ccccc2)c2c(nc(Nc3ccc(Cl)cc3)[nH]c2=O)N1. The minimum Gasteiger partial charge on any atom is -0.326 e. The quantitative estimate of drug-likeness (QED) is 0.273. The first-order chi connectivity index (χ1) is 17.5. The molecule has 36 heavy (non-hydrogen) atoms. The van der Waals surface area contributed by atoms with E-state index in [1.54, 1.807) is 30.3 Å². The van der Waals surface area contributed by atoms with Crippen molar-refractivity contribution in [2.24, 2.45) is 0 Å². The molecular weight excluding hydrogens is 498 g/mol. The first kappa shape index (κ1) is 23.7. The molecule has 8 nitrogen and oxygen atoms in total. The molecule has 1 unspecified atom stereocenters. The molecule has 1 atom stereocenters. The minimum absolute atomic E-state index is 0.0542. The summed E-state index contributed by atoms with van der Waals surface area (Å²) in [6.45, 7) is 0. The van der Waals surface area contributed by atoms with Crippen molar-refractivity contribution < 1.29 is 9.59 Å². The standard InChI is InChI=1S/C26H20ClN5O3S/c27-15-10-12-16(13-11-15)28-26-31-23-22(25(35)32-26)18(14-21(33)30-23)24(34)29-19-8-4-5-9-20(19)36-17-6-2-1-3-7-17/h1-13,18H,14H2,(H,29,34)(H3,28,30,31,32,33,35). The number of nitrogens with one attached hydrogen (secondary N) is 4. The predicted octanol–water partition coefficient (Wildman–Crippen LogP) is 5.38. The monoisotopic (exact) mass is 517 g/mol. The Kier molecular flexibility index (Phi) is 6.75. The number of hydrogen-bond donors (Lipinski definition) is 4. The van der Waals surface area contributed by atoms with Crippen LogP contribution in [0.25, 0.3) is 0 Å². The van der Waals surface area contributed by atoms with Gasteiger partial charge in [-0.05, 0) is 48.5 Å². The number of fused-ring (bicyclic) bond motifs is 1.